The highest BCUT2D eigenvalue weighted by molar-refractivity contribution is 7.13. The molecule has 0 unspecified atom stereocenters. The van der Waals surface area contributed by atoms with Gasteiger partial charge in [0.15, 0.2) is 5.65 Å². The molecule has 3 rings (SSSR count). The van der Waals surface area contributed by atoms with Gasteiger partial charge in [0.05, 0.1) is 4.88 Å². The SMILES string of the molecule is Cc1ccc(C(=O)NCCc2nc3c([nH]2)c(=O)n(C)c(=O)n3C)s1. The van der Waals surface area contributed by atoms with Crippen molar-refractivity contribution in [2.75, 3.05) is 6.54 Å². The van der Waals surface area contributed by atoms with Crippen LogP contribution in [0.15, 0.2) is 21.7 Å². The second-order valence-corrected chi connectivity index (χ2v) is 6.79. The van der Waals surface area contributed by atoms with Gasteiger partial charge in [-0.25, -0.2) is 9.78 Å². The molecule has 24 heavy (non-hydrogen) atoms. The molecule has 0 atom stereocenters. The first-order valence-electron chi connectivity index (χ1n) is 7.37. The van der Waals surface area contributed by atoms with Crippen LogP contribution in [0.25, 0.3) is 11.2 Å². The zero-order valence-electron chi connectivity index (χ0n) is 13.5. The Morgan fingerprint density at radius 3 is 2.71 bits per heavy atom. The fourth-order valence-corrected chi connectivity index (χ4v) is 3.21. The van der Waals surface area contributed by atoms with Crippen molar-refractivity contribution in [2.24, 2.45) is 14.1 Å². The highest BCUT2D eigenvalue weighted by Gasteiger charge is 2.13. The lowest BCUT2D eigenvalue weighted by Crippen LogP contribution is -2.36. The summed E-state index contributed by atoms with van der Waals surface area (Å²) in [6.07, 6.45) is 0.433. The summed E-state index contributed by atoms with van der Waals surface area (Å²) in [6, 6.07) is 3.69. The number of nitrogens with one attached hydrogen (secondary N) is 2. The molecule has 9 heteroatoms. The van der Waals surface area contributed by atoms with Crippen LogP contribution in [0.3, 0.4) is 0 Å². The third-order valence-electron chi connectivity index (χ3n) is 3.76. The summed E-state index contributed by atoms with van der Waals surface area (Å²) in [5.41, 5.74) is -0.231. The lowest BCUT2D eigenvalue weighted by Gasteiger charge is -2.01. The van der Waals surface area contributed by atoms with Crippen molar-refractivity contribution in [3.8, 4) is 0 Å². The molecule has 2 N–H and O–H groups in total. The molecular formula is C15H17N5O3S. The predicted molar refractivity (Wildman–Crippen MR) is 91.7 cm³/mol. The summed E-state index contributed by atoms with van der Waals surface area (Å²) in [4.78, 5) is 44.9. The Hall–Kier alpha value is -2.68. The Morgan fingerprint density at radius 1 is 1.29 bits per heavy atom. The van der Waals surface area contributed by atoms with Crippen molar-refractivity contribution in [1.29, 1.82) is 0 Å². The Labute approximate surface area is 140 Å². The minimum atomic E-state index is -0.424. The molecule has 8 nitrogen and oxygen atoms in total. The zero-order valence-corrected chi connectivity index (χ0v) is 14.4. The van der Waals surface area contributed by atoms with Gasteiger partial charge in [0.1, 0.15) is 11.3 Å². The number of hydrogen-bond donors (Lipinski definition) is 2. The number of fused-ring (bicyclic) bond motifs is 1. The number of H-pyrrole nitrogens is 1. The number of imidazole rings is 1. The van der Waals surface area contributed by atoms with Gasteiger partial charge in [-0.15, -0.1) is 11.3 Å². The molecule has 0 spiro atoms. The largest absolute Gasteiger partial charge is 0.351 e. The molecule has 0 aliphatic carbocycles. The standard InChI is InChI=1S/C15H17N5O3S/c1-8-4-5-9(24-8)13(21)16-7-6-10-17-11-12(18-10)19(2)15(23)20(3)14(11)22/h4-5H,6-7H2,1-3H3,(H,16,21)(H,17,18). The average Bonchev–Trinajstić information content (AvgIpc) is 3.17. The molecule has 1 amide bonds. The first kappa shape index (κ1) is 16.2. The van der Waals surface area contributed by atoms with E-state index in [-0.39, 0.29) is 11.4 Å². The summed E-state index contributed by atoms with van der Waals surface area (Å²) in [5.74, 6) is 0.415. The van der Waals surface area contributed by atoms with Crippen molar-refractivity contribution in [1.82, 2.24) is 24.4 Å². The second kappa shape index (κ2) is 6.08. The number of aryl methyl sites for hydroxylation is 2. The number of thiophene rings is 1. The highest BCUT2D eigenvalue weighted by Crippen LogP contribution is 2.14. The fourth-order valence-electron chi connectivity index (χ4n) is 2.43. The fraction of sp³-hybridized carbons (Fsp3) is 0.333. The summed E-state index contributed by atoms with van der Waals surface area (Å²) in [7, 11) is 2.99. The number of rotatable bonds is 4. The van der Waals surface area contributed by atoms with Gasteiger partial charge in [0.25, 0.3) is 11.5 Å². The average molecular weight is 347 g/mol. The van der Waals surface area contributed by atoms with Crippen LogP contribution in [0.2, 0.25) is 0 Å². The van der Waals surface area contributed by atoms with E-state index in [9.17, 15) is 14.4 Å². The number of carbonyl (C=O) groups excluding carboxylic acids is 1. The van der Waals surface area contributed by atoms with Crippen molar-refractivity contribution >= 4 is 28.4 Å². The normalized spacial score (nSPS) is 11.1. The van der Waals surface area contributed by atoms with E-state index in [0.29, 0.717) is 29.3 Å². The van der Waals surface area contributed by atoms with Crippen LogP contribution in [0.5, 0.6) is 0 Å². The van der Waals surface area contributed by atoms with Gasteiger partial charge in [0, 0.05) is 31.9 Å². The number of amides is 1. The molecule has 0 bridgehead atoms. The van der Waals surface area contributed by atoms with Crippen LogP contribution in [0.1, 0.15) is 20.4 Å². The smallest absolute Gasteiger partial charge is 0.332 e. The lowest BCUT2D eigenvalue weighted by atomic mass is 10.3. The molecule has 0 radical (unpaired) electrons. The molecule has 0 saturated carbocycles. The molecule has 3 heterocycles. The summed E-state index contributed by atoms with van der Waals surface area (Å²) >= 11 is 1.44. The Kier molecular flexibility index (Phi) is 4.10. The van der Waals surface area contributed by atoms with Gasteiger partial charge in [-0.1, -0.05) is 0 Å². The van der Waals surface area contributed by atoms with E-state index >= 15 is 0 Å². The summed E-state index contributed by atoms with van der Waals surface area (Å²) in [5, 5.41) is 2.82. The quantitative estimate of drug-likeness (QED) is 0.709. The van der Waals surface area contributed by atoms with Gasteiger partial charge in [-0.05, 0) is 19.1 Å². The summed E-state index contributed by atoms with van der Waals surface area (Å²) in [6.45, 7) is 2.32. The number of aromatic amines is 1. The monoisotopic (exact) mass is 347 g/mol. The third-order valence-corrected chi connectivity index (χ3v) is 4.75. The second-order valence-electron chi connectivity index (χ2n) is 5.50. The van der Waals surface area contributed by atoms with E-state index in [1.54, 1.807) is 13.1 Å². The number of aromatic nitrogens is 4. The minimum absolute atomic E-state index is 0.132. The number of hydrogen-bond acceptors (Lipinski definition) is 5. The van der Waals surface area contributed by atoms with E-state index in [0.717, 1.165) is 9.44 Å². The van der Waals surface area contributed by atoms with E-state index in [2.05, 4.69) is 15.3 Å². The first-order chi connectivity index (χ1) is 11.4. The van der Waals surface area contributed by atoms with Gasteiger partial charge in [-0.2, -0.15) is 0 Å². The van der Waals surface area contributed by atoms with Crippen LogP contribution in [0, 0.1) is 6.92 Å². The molecule has 126 valence electrons. The van der Waals surface area contributed by atoms with Crippen LogP contribution in [-0.4, -0.2) is 31.6 Å². The van der Waals surface area contributed by atoms with Crippen LogP contribution in [0.4, 0.5) is 0 Å². The third kappa shape index (κ3) is 2.78. The van der Waals surface area contributed by atoms with Crippen LogP contribution < -0.4 is 16.6 Å². The Bertz CT molecular complexity index is 1040. The summed E-state index contributed by atoms with van der Waals surface area (Å²) < 4.78 is 2.36. The number of carbonyl (C=O) groups is 1. The van der Waals surface area contributed by atoms with Crippen molar-refractivity contribution in [3.05, 3.63) is 48.5 Å². The number of nitrogens with zero attached hydrogens (tertiary/aromatic N) is 3. The van der Waals surface area contributed by atoms with Gasteiger partial charge in [-0.3, -0.25) is 18.7 Å². The van der Waals surface area contributed by atoms with Gasteiger partial charge < -0.3 is 10.3 Å². The maximum absolute atomic E-state index is 12.1. The highest BCUT2D eigenvalue weighted by atomic mass is 32.1. The predicted octanol–water partition coefficient (Wildman–Crippen LogP) is 0.303. The van der Waals surface area contributed by atoms with Crippen molar-refractivity contribution < 1.29 is 4.79 Å². The first-order valence-corrected chi connectivity index (χ1v) is 8.19. The van der Waals surface area contributed by atoms with E-state index in [1.165, 1.54) is 23.0 Å². The molecule has 0 aliphatic heterocycles. The van der Waals surface area contributed by atoms with Crippen LogP contribution in [-0.2, 0) is 20.5 Å². The molecule has 0 aliphatic rings. The minimum Gasteiger partial charge on any atom is -0.351 e. The van der Waals surface area contributed by atoms with Crippen molar-refractivity contribution in [3.63, 3.8) is 0 Å². The molecule has 0 saturated heterocycles. The van der Waals surface area contributed by atoms with E-state index in [1.807, 2.05) is 13.0 Å². The maximum Gasteiger partial charge on any atom is 0.332 e. The van der Waals surface area contributed by atoms with Crippen molar-refractivity contribution in [2.45, 2.75) is 13.3 Å². The van der Waals surface area contributed by atoms with E-state index < -0.39 is 11.2 Å². The molecule has 0 fully saturated rings. The lowest BCUT2D eigenvalue weighted by molar-refractivity contribution is 0.0958. The van der Waals surface area contributed by atoms with Gasteiger partial charge >= 0.3 is 5.69 Å². The van der Waals surface area contributed by atoms with Crippen LogP contribution >= 0.6 is 11.3 Å². The molecular weight excluding hydrogens is 330 g/mol. The maximum atomic E-state index is 12.1. The van der Waals surface area contributed by atoms with E-state index in [4.69, 9.17) is 0 Å². The molecule has 3 aromatic heterocycles. The van der Waals surface area contributed by atoms with Gasteiger partial charge in [0.2, 0.25) is 0 Å². The Balaban J connectivity index is 1.76. The Morgan fingerprint density at radius 2 is 2.04 bits per heavy atom. The topological polar surface area (TPSA) is 102 Å². The zero-order chi connectivity index (χ0) is 17.4. The molecule has 0 aromatic carbocycles. The molecule has 3 aromatic rings.